The lowest BCUT2D eigenvalue weighted by Gasteiger charge is -2.31. The number of carbonyl (C=O) groups excluding carboxylic acids is 1. The lowest BCUT2D eigenvalue weighted by molar-refractivity contribution is -0.150. The second-order valence-electron chi connectivity index (χ2n) is 5.38. The molecule has 5 heteroatoms. The van der Waals surface area contributed by atoms with E-state index in [9.17, 15) is 4.79 Å². The van der Waals surface area contributed by atoms with Crippen molar-refractivity contribution < 1.29 is 14.3 Å². The summed E-state index contributed by atoms with van der Waals surface area (Å²) in [5.41, 5.74) is 0.626. The molecule has 0 aromatic heterocycles. The van der Waals surface area contributed by atoms with Gasteiger partial charge in [-0.25, -0.2) is 0 Å². The summed E-state index contributed by atoms with van der Waals surface area (Å²) >= 11 is 0. The number of hydrogen-bond acceptors (Lipinski definition) is 5. The van der Waals surface area contributed by atoms with Crippen molar-refractivity contribution in [2.45, 2.75) is 19.8 Å². The van der Waals surface area contributed by atoms with E-state index in [-0.39, 0.29) is 11.9 Å². The summed E-state index contributed by atoms with van der Waals surface area (Å²) in [6.45, 7) is 5.38. The van der Waals surface area contributed by atoms with E-state index in [1.165, 1.54) is 0 Å². The Bertz CT molecular complexity index is 522. The first kappa shape index (κ1) is 16.3. The highest BCUT2D eigenvalue weighted by molar-refractivity contribution is 5.72. The first-order valence-electron chi connectivity index (χ1n) is 7.75. The first-order chi connectivity index (χ1) is 10.7. The number of ether oxygens (including phenoxy) is 2. The molecule has 118 valence electrons. The molecule has 22 heavy (non-hydrogen) atoms. The Morgan fingerprint density at radius 1 is 1.41 bits per heavy atom. The van der Waals surface area contributed by atoms with Gasteiger partial charge in [-0.2, -0.15) is 5.26 Å². The number of benzene rings is 1. The molecule has 0 spiro atoms. The maximum Gasteiger partial charge on any atom is 0.310 e. The van der Waals surface area contributed by atoms with Gasteiger partial charge in [0.05, 0.1) is 24.2 Å². The Kier molecular flexibility index (Phi) is 6.23. The van der Waals surface area contributed by atoms with Gasteiger partial charge in [-0.15, -0.1) is 0 Å². The van der Waals surface area contributed by atoms with E-state index < -0.39 is 0 Å². The van der Waals surface area contributed by atoms with Crippen LogP contribution < -0.4 is 4.74 Å². The molecule has 1 aliphatic rings. The number of rotatable bonds is 6. The molecule has 0 saturated carbocycles. The molecule has 1 fully saturated rings. The number of carbonyl (C=O) groups is 1. The molecule has 1 atom stereocenters. The van der Waals surface area contributed by atoms with E-state index in [4.69, 9.17) is 14.7 Å². The number of nitrogens with zero attached hydrogens (tertiary/aromatic N) is 2. The minimum Gasteiger partial charge on any atom is -0.492 e. The Balaban J connectivity index is 1.74. The molecule has 1 aromatic carbocycles. The predicted octanol–water partition coefficient (Wildman–Crippen LogP) is 2.21. The molecule has 0 aliphatic carbocycles. The average Bonchev–Trinajstić information content (AvgIpc) is 2.56. The zero-order valence-corrected chi connectivity index (χ0v) is 13.0. The summed E-state index contributed by atoms with van der Waals surface area (Å²) in [6.07, 6.45) is 1.92. The molecule has 0 unspecified atom stereocenters. The summed E-state index contributed by atoms with van der Waals surface area (Å²) < 4.78 is 10.8. The standard InChI is InChI=1S/C17H22N2O3/c1-2-21-17(20)15-4-3-9-19(13-15)10-11-22-16-7-5-14(12-18)6-8-16/h5-8,15H,2-4,9-11,13H2,1H3/t15-/m1/s1. The van der Waals surface area contributed by atoms with Crippen molar-refractivity contribution in [2.75, 3.05) is 32.8 Å². The van der Waals surface area contributed by atoms with Crippen LogP contribution in [-0.4, -0.2) is 43.7 Å². The monoisotopic (exact) mass is 302 g/mol. The van der Waals surface area contributed by atoms with Crippen molar-refractivity contribution in [3.8, 4) is 11.8 Å². The minimum absolute atomic E-state index is 0.0105. The topological polar surface area (TPSA) is 62.6 Å². The summed E-state index contributed by atoms with van der Waals surface area (Å²) in [5, 5.41) is 8.75. The average molecular weight is 302 g/mol. The number of esters is 1. The summed E-state index contributed by atoms with van der Waals surface area (Å²) in [6, 6.07) is 9.17. The fourth-order valence-electron chi connectivity index (χ4n) is 2.63. The van der Waals surface area contributed by atoms with Gasteiger partial charge in [0, 0.05) is 13.1 Å². The maximum absolute atomic E-state index is 11.8. The van der Waals surface area contributed by atoms with Crippen molar-refractivity contribution in [3.63, 3.8) is 0 Å². The van der Waals surface area contributed by atoms with Gasteiger partial charge in [0.15, 0.2) is 0 Å². The van der Waals surface area contributed by atoms with E-state index in [0.29, 0.717) is 18.8 Å². The van der Waals surface area contributed by atoms with Gasteiger partial charge in [-0.1, -0.05) is 0 Å². The van der Waals surface area contributed by atoms with E-state index in [2.05, 4.69) is 11.0 Å². The van der Waals surface area contributed by atoms with Crippen LogP contribution in [0.5, 0.6) is 5.75 Å². The van der Waals surface area contributed by atoms with Crippen LogP contribution in [0.15, 0.2) is 24.3 Å². The second-order valence-corrected chi connectivity index (χ2v) is 5.38. The fourth-order valence-corrected chi connectivity index (χ4v) is 2.63. The van der Waals surface area contributed by atoms with Gasteiger partial charge in [0.1, 0.15) is 12.4 Å². The second kappa shape index (κ2) is 8.40. The lowest BCUT2D eigenvalue weighted by atomic mass is 9.98. The molecule has 0 radical (unpaired) electrons. The molecule has 0 bridgehead atoms. The van der Waals surface area contributed by atoms with E-state index in [1.54, 1.807) is 24.3 Å². The van der Waals surface area contributed by atoms with Crippen molar-refractivity contribution in [1.29, 1.82) is 5.26 Å². The van der Waals surface area contributed by atoms with Crippen LogP contribution in [0.3, 0.4) is 0 Å². The van der Waals surface area contributed by atoms with Crippen LogP contribution in [0.1, 0.15) is 25.3 Å². The molecule has 0 N–H and O–H groups in total. The van der Waals surface area contributed by atoms with E-state index in [0.717, 1.165) is 38.2 Å². The normalized spacial score (nSPS) is 18.5. The molecule has 2 rings (SSSR count). The van der Waals surface area contributed by atoms with Crippen LogP contribution in [-0.2, 0) is 9.53 Å². The maximum atomic E-state index is 11.8. The van der Waals surface area contributed by atoms with Gasteiger partial charge in [-0.3, -0.25) is 9.69 Å². The highest BCUT2D eigenvalue weighted by Gasteiger charge is 2.26. The largest absolute Gasteiger partial charge is 0.492 e. The van der Waals surface area contributed by atoms with Crippen LogP contribution in [0.25, 0.3) is 0 Å². The SMILES string of the molecule is CCOC(=O)[C@@H]1CCCN(CCOc2ccc(C#N)cc2)C1. The van der Waals surface area contributed by atoms with Crippen molar-refractivity contribution in [3.05, 3.63) is 29.8 Å². The number of hydrogen-bond donors (Lipinski definition) is 0. The summed E-state index contributed by atoms with van der Waals surface area (Å²) in [4.78, 5) is 14.0. The zero-order valence-electron chi connectivity index (χ0n) is 13.0. The molecular weight excluding hydrogens is 280 g/mol. The summed E-state index contributed by atoms with van der Waals surface area (Å²) in [7, 11) is 0. The summed E-state index contributed by atoms with van der Waals surface area (Å²) in [5.74, 6) is 0.668. The van der Waals surface area contributed by atoms with Crippen molar-refractivity contribution >= 4 is 5.97 Å². The van der Waals surface area contributed by atoms with Crippen LogP contribution in [0, 0.1) is 17.2 Å². The highest BCUT2D eigenvalue weighted by atomic mass is 16.5. The Morgan fingerprint density at radius 2 is 2.18 bits per heavy atom. The number of piperidine rings is 1. The number of nitriles is 1. The highest BCUT2D eigenvalue weighted by Crippen LogP contribution is 2.18. The Hall–Kier alpha value is -2.06. The van der Waals surface area contributed by atoms with Crippen LogP contribution >= 0.6 is 0 Å². The third-order valence-corrected chi connectivity index (χ3v) is 3.79. The zero-order chi connectivity index (χ0) is 15.8. The lowest BCUT2D eigenvalue weighted by Crippen LogP contribution is -2.41. The van der Waals surface area contributed by atoms with Gasteiger partial charge >= 0.3 is 5.97 Å². The molecular formula is C17H22N2O3. The van der Waals surface area contributed by atoms with E-state index in [1.807, 2.05) is 6.92 Å². The third kappa shape index (κ3) is 4.74. The van der Waals surface area contributed by atoms with Gasteiger partial charge in [-0.05, 0) is 50.6 Å². The van der Waals surface area contributed by atoms with Gasteiger partial charge < -0.3 is 9.47 Å². The smallest absolute Gasteiger partial charge is 0.310 e. The minimum atomic E-state index is -0.0831. The Morgan fingerprint density at radius 3 is 2.86 bits per heavy atom. The third-order valence-electron chi connectivity index (χ3n) is 3.79. The van der Waals surface area contributed by atoms with Crippen molar-refractivity contribution in [2.24, 2.45) is 5.92 Å². The molecule has 5 nitrogen and oxygen atoms in total. The van der Waals surface area contributed by atoms with Crippen LogP contribution in [0.4, 0.5) is 0 Å². The fraction of sp³-hybridized carbons (Fsp3) is 0.529. The van der Waals surface area contributed by atoms with Crippen LogP contribution in [0.2, 0.25) is 0 Å². The Labute approximate surface area is 131 Å². The predicted molar refractivity (Wildman–Crippen MR) is 82.4 cm³/mol. The molecule has 1 aromatic rings. The van der Waals surface area contributed by atoms with Gasteiger partial charge in [0.2, 0.25) is 0 Å². The molecule has 1 aliphatic heterocycles. The molecule has 0 amide bonds. The molecule has 1 saturated heterocycles. The van der Waals surface area contributed by atoms with E-state index >= 15 is 0 Å². The van der Waals surface area contributed by atoms with Crippen molar-refractivity contribution in [1.82, 2.24) is 4.90 Å². The molecule has 1 heterocycles. The first-order valence-corrected chi connectivity index (χ1v) is 7.75. The van der Waals surface area contributed by atoms with Gasteiger partial charge in [0.25, 0.3) is 0 Å². The number of likely N-dealkylation sites (tertiary alicyclic amines) is 1. The quantitative estimate of drug-likeness (QED) is 0.754.